The van der Waals surface area contributed by atoms with E-state index in [0.717, 1.165) is 23.1 Å². The van der Waals surface area contributed by atoms with E-state index in [9.17, 15) is 4.79 Å². The Labute approximate surface area is 132 Å². The molecule has 0 unspecified atom stereocenters. The highest BCUT2D eigenvalue weighted by Gasteiger charge is 2.13. The van der Waals surface area contributed by atoms with Crippen molar-refractivity contribution in [2.45, 2.75) is 6.54 Å². The van der Waals surface area contributed by atoms with E-state index in [2.05, 4.69) is 20.5 Å². The van der Waals surface area contributed by atoms with Crippen molar-refractivity contribution in [1.29, 1.82) is 0 Å². The fraction of sp³-hybridized carbons (Fsp3) is 0.200. The molecule has 0 fully saturated rings. The number of H-pyrrole nitrogens is 2. The summed E-state index contributed by atoms with van der Waals surface area (Å²) >= 11 is 6.30. The number of nitrogens with one attached hydrogen (secondary N) is 3. The van der Waals surface area contributed by atoms with E-state index in [1.807, 2.05) is 31.1 Å². The van der Waals surface area contributed by atoms with Crippen molar-refractivity contribution in [3.8, 4) is 0 Å². The molecule has 2 aromatic heterocycles. The number of fused-ring (bicyclic) bond motifs is 1. The fourth-order valence-corrected chi connectivity index (χ4v) is 2.54. The van der Waals surface area contributed by atoms with Crippen molar-refractivity contribution in [3.63, 3.8) is 0 Å². The Balaban J connectivity index is 1.80. The first kappa shape index (κ1) is 14.6. The average Bonchev–Trinajstić information content (AvgIpc) is 3.10. The Morgan fingerprint density at radius 1 is 1.32 bits per heavy atom. The number of nitrogens with zero attached hydrogens (tertiary/aromatic N) is 2. The molecule has 0 atom stereocenters. The number of amides is 1. The van der Waals surface area contributed by atoms with Crippen LogP contribution in [0.5, 0.6) is 0 Å². The van der Waals surface area contributed by atoms with Crippen molar-refractivity contribution in [2.75, 3.05) is 19.4 Å². The molecule has 0 aliphatic carbocycles. The molecular formula is C15H16ClN5O. The van der Waals surface area contributed by atoms with Gasteiger partial charge in [0.1, 0.15) is 5.69 Å². The molecule has 3 rings (SSSR count). The fourth-order valence-electron chi connectivity index (χ4n) is 2.27. The lowest BCUT2D eigenvalue weighted by Crippen LogP contribution is -2.14. The van der Waals surface area contributed by atoms with Crippen LogP contribution in [-0.4, -0.2) is 40.1 Å². The van der Waals surface area contributed by atoms with Gasteiger partial charge in [-0.25, -0.2) is 0 Å². The predicted molar refractivity (Wildman–Crippen MR) is 87.2 cm³/mol. The van der Waals surface area contributed by atoms with Gasteiger partial charge in [0, 0.05) is 17.6 Å². The molecule has 7 heteroatoms. The molecule has 0 bridgehead atoms. The van der Waals surface area contributed by atoms with Crippen LogP contribution in [0.4, 0.5) is 5.69 Å². The number of rotatable bonds is 4. The third-order valence-electron chi connectivity index (χ3n) is 3.28. The third-order valence-corrected chi connectivity index (χ3v) is 3.69. The normalized spacial score (nSPS) is 11.3. The van der Waals surface area contributed by atoms with Crippen LogP contribution in [0.15, 0.2) is 30.5 Å². The minimum Gasteiger partial charge on any atom is -0.353 e. The molecule has 2 heterocycles. The summed E-state index contributed by atoms with van der Waals surface area (Å²) in [5.41, 5.74) is 2.87. The number of hydrogen-bond acceptors (Lipinski definition) is 3. The molecular weight excluding hydrogens is 302 g/mol. The number of aromatic amines is 2. The maximum absolute atomic E-state index is 12.3. The summed E-state index contributed by atoms with van der Waals surface area (Å²) in [4.78, 5) is 17.4. The van der Waals surface area contributed by atoms with Crippen LogP contribution in [-0.2, 0) is 6.54 Å². The van der Waals surface area contributed by atoms with Crippen LogP contribution < -0.4 is 5.32 Å². The van der Waals surface area contributed by atoms with E-state index in [-0.39, 0.29) is 5.91 Å². The molecule has 0 saturated heterocycles. The molecule has 1 amide bonds. The maximum atomic E-state index is 12.3. The maximum Gasteiger partial charge on any atom is 0.272 e. The predicted octanol–water partition coefficient (Wildman–Crippen LogP) is 2.86. The monoisotopic (exact) mass is 317 g/mol. The zero-order chi connectivity index (χ0) is 15.7. The van der Waals surface area contributed by atoms with Gasteiger partial charge in [-0.2, -0.15) is 5.10 Å². The second kappa shape index (κ2) is 5.82. The molecule has 6 nitrogen and oxygen atoms in total. The van der Waals surface area contributed by atoms with Gasteiger partial charge in [-0.3, -0.25) is 9.89 Å². The van der Waals surface area contributed by atoms with Gasteiger partial charge in [0.15, 0.2) is 0 Å². The van der Waals surface area contributed by atoms with Crippen LogP contribution in [0, 0.1) is 0 Å². The van der Waals surface area contributed by atoms with Crippen molar-refractivity contribution in [2.24, 2.45) is 0 Å². The molecule has 22 heavy (non-hydrogen) atoms. The van der Waals surface area contributed by atoms with E-state index in [1.54, 1.807) is 18.3 Å². The zero-order valence-corrected chi connectivity index (χ0v) is 13.0. The average molecular weight is 318 g/mol. The van der Waals surface area contributed by atoms with Crippen molar-refractivity contribution in [1.82, 2.24) is 20.1 Å². The molecule has 0 radical (unpaired) electrons. The van der Waals surface area contributed by atoms with Crippen molar-refractivity contribution in [3.05, 3.63) is 46.9 Å². The summed E-state index contributed by atoms with van der Waals surface area (Å²) in [5.74, 6) is -0.227. The molecule has 1 aromatic carbocycles. The summed E-state index contributed by atoms with van der Waals surface area (Å²) in [7, 11) is 3.95. The summed E-state index contributed by atoms with van der Waals surface area (Å²) in [5, 5.41) is 10.8. The number of carbonyl (C=O) groups excluding carboxylic acids is 1. The Bertz CT molecular complexity index is 820. The number of carbonyl (C=O) groups is 1. The number of aromatic nitrogens is 3. The lowest BCUT2D eigenvalue weighted by Gasteiger charge is -2.08. The van der Waals surface area contributed by atoms with Gasteiger partial charge in [-0.1, -0.05) is 11.6 Å². The van der Waals surface area contributed by atoms with Gasteiger partial charge in [-0.05, 0) is 38.4 Å². The molecule has 0 aliphatic rings. The van der Waals surface area contributed by atoms with Crippen LogP contribution in [0.1, 0.15) is 16.2 Å². The molecule has 0 saturated carbocycles. The van der Waals surface area contributed by atoms with Gasteiger partial charge >= 0.3 is 0 Å². The van der Waals surface area contributed by atoms with E-state index in [4.69, 9.17) is 11.6 Å². The SMILES string of the molecule is CN(C)Cc1ccc(C(=O)Nc2ccc3[nH]ncc3c2Cl)[nH]1. The van der Waals surface area contributed by atoms with E-state index >= 15 is 0 Å². The van der Waals surface area contributed by atoms with Crippen molar-refractivity contribution < 1.29 is 4.79 Å². The molecule has 3 N–H and O–H groups in total. The Hall–Kier alpha value is -2.31. The van der Waals surface area contributed by atoms with E-state index in [0.29, 0.717) is 16.4 Å². The Morgan fingerprint density at radius 2 is 2.14 bits per heavy atom. The molecule has 0 aliphatic heterocycles. The summed E-state index contributed by atoms with van der Waals surface area (Å²) < 4.78 is 0. The minimum atomic E-state index is -0.227. The third kappa shape index (κ3) is 2.84. The largest absolute Gasteiger partial charge is 0.353 e. The van der Waals surface area contributed by atoms with Crippen LogP contribution >= 0.6 is 11.6 Å². The molecule has 114 valence electrons. The highest BCUT2D eigenvalue weighted by atomic mass is 35.5. The van der Waals surface area contributed by atoms with Gasteiger partial charge < -0.3 is 15.2 Å². The first-order valence-electron chi connectivity index (χ1n) is 6.80. The van der Waals surface area contributed by atoms with E-state index < -0.39 is 0 Å². The van der Waals surface area contributed by atoms with Gasteiger partial charge in [0.2, 0.25) is 0 Å². The summed E-state index contributed by atoms with van der Waals surface area (Å²) in [6, 6.07) is 7.24. The lowest BCUT2D eigenvalue weighted by atomic mass is 10.2. The molecule has 3 aromatic rings. The number of anilines is 1. The number of benzene rings is 1. The first-order chi connectivity index (χ1) is 10.5. The van der Waals surface area contributed by atoms with Gasteiger partial charge in [-0.15, -0.1) is 0 Å². The zero-order valence-electron chi connectivity index (χ0n) is 12.3. The second-order valence-electron chi connectivity index (χ2n) is 5.35. The van der Waals surface area contributed by atoms with E-state index in [1.165, 1.54) is 0 Å². The minimum absolute atomic E-state index is 0.227. The lowest BCUT2D eigenvalue weighted by molar-refractivity contribution is 0.102. The summed E-state index contributed by atoms with van der Waals surface area (Å²) in [6.07, 6.45) is 1.64. The second-order valence-corrected chi connectivity index (χ2v) is 5.73. The smallest absolute Gasteiger partial charge is 0.272 e. The van der Waals surface area contributed by atoms with Crippen molar-refractivity contribution >= 4 is 34.1 Å². The quantitative estimate of drug-likeness (QED) is 0.692. The molecule has 0 spiro atoms. The van der Waals surface area contributed by atoms with Crippen LogP contribution in [0.2, 0.25) is 5.02 Å². The highest BCUT2D eigenvalue weighted by molar-refractivity contribution is 6.38. The number of halogens is 1. The van der Waals surface area contributed by atoms with Crippen LogP contribution in [0.25, 0.3) is 10.9 Å². The van der Waals surface area contributed by atoms with Gasteiger partial charge in [0.05, 0.1) is 22.4 Å². The van der Waals surface area contributed by atoms with Gasteiger partial charge in [0.25, 0.3) is 5.91 Å². The Kier molecular flexibility index (Phi) is 3.87. The summed E-state index contributed by atoms with van der Waals surface area (Å²) in [6.45, 7) is 0.745. The highest BCUT2D eigenvalue weighted by Crippen LogP contribution is 2.30. The standard InChI is InChI=1S/C15H16ClN5O/c1-21(2)8-9-3-4-13(18-9)15(22)19-12-6-5-11-10(14(12)16)7-17-20-11/h3-7,18H,8H2,1-2H3,(H,17,20)(H,19,22). The topological polar surface area (TPSA) is 76.8 Å². The first-order valence-corrected chi connectivity index (χ1v) is 7.18. The Morgan fingerprint density at radius 3 is 2.91 bits per heavy atom. The van der Waals surface area contributed by atoms with Crippen LogP contribution in [0.3, 0.4) is 0 Å². The number of hydrogen-bond donors (Lipinski definition) is 3.